The van der Waals surface area contributed by atoms with Crippen molar-refractivity contribution in [3.63, 3.8) is 0 Å². The van der Waals surface area contributed by atoms with E-state index in [2.05, 4.69) is 0 Å². The summed E-state index contributed by atoms with van der Waals surface area (Å²) in [7, 11) is 1.70. The first-order valence-corrected chi connectivity index (χ1v) is 6.82. The molecule has 6 nitrogen and oxygen atoms in total. The number of amides is 2. The SMILES string of the molecule is COC1CCN(C(=O)N2CC(C)C(C(=O)O)C2)CC1. The van der Waals surface area contributed by atoms with Crippen LogP contribution in [0.1, 0.15) is 19.8 Å². The summed E-state index contributed by atoms with van der Waals surface area (Å²) in [6, 6.07) is -0.0230. The number of hydrogen-bond donors (Lipinski definition) is 1. The van der Waals surface area contributed by atoms with Gasteiger partial charge in [-0.1, -0.05) is 6.92 Å². The van der Waals surface area contributed by atoms with Gasteiger partial charge in [-0.25, -0.2) is 4.79 Å². The largest absolute Gasteiger partial charge is 0.481 e. The lowest BCUT2D eigenvalue weighted by Crippen LogP contribution is -2.47. The summed E-state index contributed by atoms with van der Waals surface area (Å²) in [6.45, 7) is 4.16. The Morgan fingerprint density at radius 3 is 2.26 bits per heavy atom. The van der Waals surface area contributed by atoms with Crippen molar-refractivity contribution in [1.82, 2.24) is 9.80 Å². The number of carboxylic acid groups (broad SMARTS) is 1. The first kappa shape index (κ1) is 14.1. The summed E-state index contributed by atoms with van der Waals surface area (Å²) in [5.74, 6) is -1.21. The van der Waals surface area contributed by atoms with Crippen LogP contribution in [-0.4, -0.2) is 66.3 Å². The highest BCUT2D eigenvalue weighted by atomic mass is 16.5. The number of carbonyl (C=O) groups excluding carboxylic acids is 1. The molecule has 0 aromatic rings. The molecule has 2 fully saturated rings. The molecule has 2 atom stereocenters. The Labute approximate surface area is 113 Å². The fourth-order valence-corrected chi connectivity index (χ4v) is 2.93. The van der Waals surface area contributed by atoms with Crippen LogP contribution in [0.25, 0.3) is 0 Å². The van der Waals surface area contributed by atoms with E-state index in [1.165, 1.54) is 0 Å². The van der Waals surface area contributed by atoms with Gasteiger partial charge in [0.05, 0.1) is 12.0 Å². The zero-order chi connectivity index (χ0) is 14.0. The van der Waals surface area contributed by atoms with Gasteiger partial charge >= 0.3 is 12.0 Å². The first-order chi connectivity index (χ1) is 9.02. The van der Waals surface area contributed by atoms with Crippen LogP contribution in [-0.2, 0) is 9.53 Å². The molecule has 2 saturated heterocycles. The molecule has 2 heterocycles. The van der Waals surface area contributed by atoms with Gasteiger partial charge in [0, 0.05) is 33.3 Å². The molecule has 108 valence electrons. The minimum absolute atomic E-state index is 0.0230. The van der Waals surface area contributed by atoms with Gasteiger partial charge in [-0.05, 0) is 18.8 Å². The number of ether oxygens (including phenoxy) is 1. The van der Waals surface area contributed by atoms with Crippen LogP contribution in [0.5, 0.6) is 0 Å². The van der Waals surface area contributed by atoms with Crippen LogP contribution in [0, 0.1) is 11.8 Å². The smallest absolute Gasteiger partial charge is 0.320 e. The quantitative estimate of drug-likeness (QED) is 0.808. The number of nitrogens with zero attached hydrogens (tertiary/aromatic N) is 2. The molecule has 2 rings (SSSR count). The van der Waals surface area contributed by atoms with E-state index in [9.17, 15) is 9.59 Å². The molecule has 1 N–H and O–H groups in total. The van der Waals surface area contributed by atoms with E-state index in [4.69, 9.17) is 9.84 Å². The number of carbonyl (C=O) groups is 2. The molecule has 2 aliphatic rings. The Morgan fingerprint density at radius 2 is 1.79 bits per heavy atom. The monoisotopic (exact) mass is 270 g/mol. The molecular weight excluding hydrogens is 248 g/mol. The molecule has 6 heteroatoms. The Bertz CT molecular complexity index is 353. The number of rotatable bonds is 2. The van der Waals surface area contributed by atoms with Crippen LogP contribution < -0.4 is 0 Å². The number of likely N-dealkylation sites (tertiary alicyclic amines) is 2. The molecule has 0 aromatic heterocycles. The van der Waals surface area contributed by atoms with Gasteiger partial charge in [0.2, 0.25) is 0 Å². The third-order valence-corrected chi connectivity index (χ3v) is 4.25. The third-order valence-electron chi connectivity index (χ3n) is 4.25. The van der Waals surface area contributed by atoms with E-state index in [0.29, 0.717) is 26.2 Å². The van der Waals surface area contributed by atoms with Gasteiger partial charge in [-0.2, -0.15) is 0 Å². The number of carboxylic acids is 1. The number of piperidine rings is 1. The van der Waals surface area contributed by atoms with Crippen molar-refractivity contribution in [2.24, 2.45) is 11.8 Å². The number of urea groups is 1. The number of aliphatic carboxylic acids is 1. The number of methoxy groups -OCH3 is 1. The molecular formula is C13H22N2O4. The third kappa shape index (κ3) is 3.00. The van der Waals surface area contributed by atoms with E-state index < -0.39 is 11.9 Å². The van der Waals surface area contributed by atoms with Crippen LogP contribution in [0.15, 0.2) is 0 Å². The topological polar surface area (TPSA) is 70.1 Å². The predicted molar refractivity (Wildman–Crippen MR) is 68.9 cm³/mol. The summed E-state index contributed by atoms with van der Waals surface area (Å²) in [5.41, 5.74) is 0. The van der Waals surface area contributed by atoms with E-state index in [-0.39, 0.29) is 18.1 Å². The highest BCUT2D eigenvalue weighted by Gasteiger charge is 2.38. The molecule has 2 aliphatic heterocycles. The van der Waals surface area contributed by atoms with Crippen molar-refractivity contribution in [3.05, 3.63) is 0 Å². The zero-order valence-corrected chi connectivity index (χ0v) is 11.5. The van der Waals surface area contributed by atoms with Gasteiger partial charge < -0.3 is 19.6 Å². The van der Waals surface area contributed by atoms with Crippen molar-refractivity contribution in [2.45, 2.75) is 25.9 Å². The maximum absolute atomic E-state index is 12.3. The highest BCUT2D eigenvalue weighted by Crippen LogP contribution is 2.25. The summed E-state index contributed by atoms with van der Waals surface area (Å²) in [6.07, 6.45) is 1.95. The van der Waals surface area contributed by atoms with E-state index in [1.807, 2.05) is 11.8 Å². The van der Waals surface area contributed by atoms with Crippen LogP contribution in [0.4, 0.5) is 4.79 Å². The second-order valence-corrected chi connectivity index (χ2v) is 5.53. The lowest BCUT2D eigenvalue weighted by molar-refractivity contribution is -0.142. The van der Waals surface area contributed by atoms with E-state index >= 15 is 0 Å². The molecule has 0 aromatic carbocycles. The molecule has 0 bridgehead atoms. The van der Waals surface area contributed by atoms with Gasteiger partial charge in [-0.15, -0.1) is 0 Å². The van der Waals surface area contributed by atoms with Crippen molar-refractivity contribution in [1.29, 1.82) is 0 Å². The molecule has 0 spiro atoms. The summed E-state index contributed by atoms with van der Waals surface area (Å²) in [4.78, 5) is 26.9. The zero-order valence-electron chi connectivity index (χ0n) is 11.5. The van der Waals surface area contributed by atoms with Crippen LogP contribution in [0.3, 0.4) is 0 Å². The fraction of sp³-hybridized carbons (Fsp3) is 0.846. The molecule has 0 aliphatic carbocycles. The van der Waals surface area contributed by atoms with E-state index in [0.717, 1.165) is 12.8 Å². The number of hydrogen-bond acceptors (Lipinski definition) is 3. The lowest BCUT2D eigenvalue weighted by atomic mass is 9.99. The van der Waals surface area contributed by atoms with Crippen molar-refractivity contribution in [3.8, 4) is 0 Å². The van der Waals surface area contributed by atoms with E-state index in [1.54, 1.807) is 12.0 Å². The highest BCUT2D eigenvalue weighted by molar-refractivity contribution is 5.77. The average Bonchev–Trinajstić information content (AvgIpc) is 2.80. The normalized spacial score (nSPS) is 28.7. The van der Waals surface area contributed by atoms with Crippen molar-refractivity contribution < 1.29 is 19.4 Å². The standard InChI is InChI=1S/C13H22N2O4/c1-9-7-15(8-11(9)12(16)17)13(18)14-5-3-10(19-2)4-6-14/h9-11H,3-8H2,1-2H3,(H,16,17). The Hall–Kier alpha value is -1.30. The molecule has 2 amide bonds. The summed E-state index contributed by atoms with van der Waals surface area (Å²) >= 11 is 0. The van der Waals surface area contributed by atoms with Crippen LogP contribution in [0.2, 0.25) is 0 Å². The second-order valence-electron chi connectivity index (χ2n) is 5.53. The van der Waals surface area contributed by atoms with Crippen LogP contribution >= 0.6 is 0 Å². The maximum atomic E-state index is 12.3. The fourth-order valence-electron chi connectivity index (χ4n) is 2.93. The molecule has 2 unspecified atom stereocenters. The summed E-state index contributed by atoms with van der Waals surface area (Å²) < 4.78 is 5.28. The molecule has 0 saturated carbocycles. The van der Waals surface area contributed by atoms with Crippen molar-refractivity contribution in [2.75, 3.05) is 33.3 Å². The predicted octanol–water partition coefficient (Wildman–Crippen LogP) is 0.870. The van der Waals surface area contributed by atoms with Gasteiger partial charge in [-0.3, -0.25) is 4.79 Å². The lowest BCUT2D eigenvalue weighted by Gasteiger charge is -2.34. The molecule has 0 radical (unpaired) electrons. The second kappa shape index (κ2) is 5.77. The molecule has 19 heavy (non-hydrogen) atoms. The maximum Gasteiger partial charge on any atom is 0.320 e. The Morgan fingerprint density at radius 1 is 1.16 bits per heavy atom. The summed E-state index contributed by atoms with van der Waals surface area (Å²) in [5, 5.41) is 9.09. The van der Waals surface area contributed by atoms with Gasteiger partial charge in [0.25, 0.3) is 0 Å². The first-order valence-electron chi connectivity index (χ1n) is 6.82. The van der Waals surface area contributed by atoms with Gasteiger partial charge in [0.15, 0.2) is 0 Å². The Kier molecular flexibility index (Phi) is 4.29. The Balaban J connectivity index is 1.89. The average molecular weight is 270 g/mol. The van der Waals surface area contributed by atoms with Gasteiger partial charge in [0.1, 0.15) is 0 Å². The minimum Gasteiger partial charge on any atom is -0.481 e. The van der Waals surface area contributed by atoms with Crippen molar-refractivity contribution >= 4 is 12.0 Å². The minimum atomic E-state index is -0.805.